The van der Waals surface area contributed by atoms with Crippen LogP contribution in [0.4, 0.5) is 0 Å². The molecular weight excluding hydrogens is 148 g/mol. The fraction of sp³-hybridized carbons (Fsp3) is 0.857. The number of carboxylic acids is 1. The smallest absolute Gasteiger partial charge is 0.307 e. The van der Waals surface area contributed by atoms with Gasteiger partial charge in [-0.2, -0.15) is 11.8 Å². The van der Waals surface area contributed by atoms with Crippen molar-refractivity contribution in [2.24, 2.45) is 11.8 Å². The minimum atomic E-state index is -0.677. The summed E-state index contributed by atoms with van der Waals surface area (Å²) < 4.78 is 0. The van der Waals surface area contributed by atoms with E-state index in [-0.39, 0.29) is 11.8 Å². The van der Waals surface area contributed by atoms with E-state index in [2.05, 4.69) is 0 Å². The zero-order valence-corrected chi connectivity index (χ0v) is 7.44. The molecule has 0 aliphatic rings. The van der Waals surface area contributed by atoms with Crippen molar-refractivity contribution >= 4 is 17.7 Å². The van der Waals surface area contributed by atoms with Crippen molar-refractivity contribution in [3.8, 4) is 0 Å². The fourth-order valence-corrected chi connectivity index (χ4v) is 1.62. The average Bonchev–Trinajstić information content (AvgIpc) is 1.81. The van der Waals surface area contributed by atoms with Crippen LogP contribution >= 0.6 is 11.8 Å². The Balaban J connectivity index is 3.85. The van der Waals surface area contributed by atoms with E-state index in [9.17, 15) is 4.79 Å². The molecule has 1 atom stereocenters. The summed E-state index contributed by atoms with van der Waals surface area (Å²) in [5.41, 5.74) is 0. The van der Waals surface area contributed by atoms with Crippen molar-refractivity contribution in [1.82, 2.24) is 0 Å². The van der Waals surface area contributed by atoms with Crippen LogP contribution in [-0.4, -0.2) is 23.1 Å². The molecule has 0 amide bonds. The molecule has 0 heterocycles. The fourth-order valence-electron chi connectivity index (χ4n) is 0.728. The maximum Gasteiger partial charge on any atom is 0.307 e. The minimum Gasteiger partial charge on any atom is -0.481 e. The highest BCUT2D eigenvalue weighted by Crippen LogP contribution is 2.15. The Kier molecular flexibility index (Phi) is 4.52. The number of hydrogen-bond acceptors (Lipinski definition) is 2. The second-order valence-corrected chi connectivity index (χ2v) is 3.55. The van der Waals surface area contributed by atoms with Gasteiger partial charge in [-0.3, -0.25) is 4.79 Å². The zero-order valence-electron chi connectivity index (χ0n) is 6.63. The molecule has 0 bridgehead atoms. The monoisotopic (exact) mass is 162 g/mol. The molecule has 2 nitrogen and oxygen atoms in total. The van der Waals surface area contributed by atoms with Gasteiger partial charge in [0, 0.05) is 5.75 Å². The van der Waals surface area contributed by atoms with Crippen molar-refractivity contribution in [1.29, 1.82) is 0 Å². The largest absolute Gasteiger partial charge is 0.481 e. The van der Waals surface area contributed by atoms with Crippen molar-refractivity contribution < 1.29 is 9.90 Å². The summed E-state index contributed by atoms with van der Waals surface area (Å²) in [5, 5.41) is 8.66. The Morgan fingerprint density at radius 1 is 1.60 bits per heavy atom. The standard InChI is InChI=1S/C7H14O2S/c1-5(2)6(4-10-3)7(8)9/h5-6H,4H2,1-3H3,(H,8,9). The lowest BCUT2D eigenvalue weighted by molar-refractivity contribution is -0.142. The number of aliphatic carboxylic acids is 1. The lowest BCUT2D eigenvalue weighted by Gasteiger charge is -2.13. The molecule has 0 saturated heterocycles. The summed E-state index contributed by atoms with van der Waals surface area (Å²) in [6, 6.07) is 0. The van der Waals surface area contributed by atoms with Gasteiger partial charge < -0.3 is 5.11 Å². The first-order valence-corrected chi connectivity index (χ1v) is 4.70. The summed E-state index contributed by atoms with van der Waals surface area (Å²) in [6.07, 6.45) is 1.93. The van der Waals surface area contributed by atoms with Crippen molar-refractivity contribution in [3.63, 3.8) is 0 Å². The van der Waals surface area contributed by atoms with Crippen LogP contribution < -0.4 is 0 Å². The Morgan fingerprint density at radius 2 is 2.10 bits per heavy atom. The van der Waals surface area contributed by atoms with Crippen LogP contribution in [0.5, 0.6) is 0 Å². The van der Waals surface area contributed by atoms with E-state index in [4.69, 9.17) is 5.11 Å². The highest BCUT2D eigenvalue weighted by atomic mass is 32.2. The van der Waals surface area contributed by atoms with E-state index in [1.165, 1.54) is 0 Å². The van der Waals surface area contributed by atoms with Gasteiger partial charge in [0.25, 0.3) is 0 Å². The molecule has 0 aliphatic heterocycles. The maximum absolute atomic E-state index is 10.5. The van der Waals surface area contributed by atoms with Crippen LogP contribution in [-0.2, 0) is 4.79 Å². The zero-order chi connectivity index (χ0) is 8.15. The third kappa shape index (κ3) is 3.11. The van der Waals surface area contributed by atoms with E-state index < -0.39 is 5.97 Å². The number of hydrogen-bond donors (Lipinski definition) is 1. The van der Waals surface area contributed by atoms with E-state index in [1.807, 2.05) is 20.1 Å². The Morgan fingerprint density at radius 3 is 2.20 bits per heavy atom. The van der Waals surface area contributed by atoms with E-state index in [1.54, 1.807) is 11.8 Å². The Labute approximate surface area is 66.0 Å². The van der Waals surface area contributed by atoms with Gasteiger partial charge in [0.1, 0.15) is 0 Å². The minimum absolute atomic E-state index is 0.185. The summed E-state index contributed by atoms with van der Waals surface area (Å²) in [6.45, 7) is 3.88. The van der Waals surface area contributed by atoms with Gasteiger partial charge in [0.05, 0.1) is 5.92 Å². The van der Waals surface area contributed by atoms with Gasteiger partial charge >= 0.3 is 5.97 Å². The predicted molar refractivity (Wildman–Crippen MR) is 44.3 cm³/mol. The maximum atomic E-state index is 10.5. The lowest BCUT2D eigenvalue weighted by Crippen LogP contribution is -2.21. The first kappa shape index (κ1) is 9.82. The van der Waals surface area contributed by atoms with Crippen molar-refractivity contribution in [3.05, 3.63) is 0 Å². The summed E-state index contributed by atoms with van der Waals surface area (Å²) >= 11 is 1.59. The van der Waals surface area contributed by atoms with Crippen molar-refractivity contribution in [2.75, 3.05) is 12.0 Å². The molecule has 0 fully saturated rings. The van der Waals surface area contributed by atoms with Crippen LogP contribution in [0.15, 0.2) is 0 Å². The van der Waals surface area contributed by atoms with Gasteiger partial charge in [-0.05, 0) is 12.2 Å². The third-order valence-electron chi connectivity index (χ3n) is 1.47. The molecular formula is C7H14O2S. The molecule has 1 N–H and O–H groups in total. The third-order valence-corrected chi connectivity index (χ3v) is 2.16. The molecule has 0 rings (SSSR count). The van der Waals surface area contributed by atoms with Crippen LogP contribution in [0.2, 0.25) is 0 Å². The Bertz CT molecular complexity index is 112. The van der Waals surface area contributed by atoms with Crippen LogP contribution in [0.25, 0.3) is 0 Å². The molecule has 3 heteroatoms. The van der Waals surface area contributed by atoms with E-state index in [0.29, 0.717) is 5.75 Å². The van der Waals surface area contributed by atoms with Crippen molar-refractivity contribution in [2.45, 2.75) is 13.8 Å². The second-order valence-electron chi connectivity index (χ2n) is 2.64. The summed E-state index contributed by atoms with van der Waals surface area (Å²) in [5.74, 6) is 0.0943. The average molecular weight is 162 g/mol. The first-order chi connectivity index (χ1) is 4.59. The Hall–Kier alpha value is -0.180. The van der Waals surface area contributed by atoms with Gasteiger partial charge in [-0.25, -0.2) is 0 Å². The quantitative estimate of drug-likeness (QED) is 0.683. The SMILES string of the molecule is CSCC(C(=O)O)C(C)C. The van der Waals surface area contributed by atoms with Crippen LogP contribution in [0.1, 0.15) is 13.8 Å². The van der Waals surface area contributed by atoms with Gasteiger partial charge in [-0.1, -0.05) is 13.8 Å². The number of thioether (sulfide) groups is 1. The van der Waals surface area contributed by atoms with E-state index in [0.717, 1.165) is 0 Å². The van der Waals surface area contributed by atoms with E-state index >= 15 is 0 Å². The van der Waals surface area contributed by atoms with Gasteiger partial charge in [0.2, 0.25) is 0 Å². The van der Waals surface area contributed by atoms with Crippen LogP contribution in [0.3, 0.4) is 0 Å². The first-order valence-electron chi connectivity index (χ1n) is 3.31. The van der Waals surface area contributed by atoms with Crippen LogP contribution in [0, 0.1) is 11.8 Å². The predicted octanol–water partition coefficient (Wildman–Crippen LogP) is 1.71. The number of rotatable bonds is 4. The molecule has 0 saturated carbocycles. The summed E-state index contributed by atoms with van der Waals surface area (Å²) in [7, 11) is 0. The number of carbonyl (C=O) groups is 1. The molecule has 0 radical (unpaired) electrons. The molecule has 0 aliphatic carbocycles. The highest BCUT2D eigenvalue weighted by molar-refractivity contribution is 7.98. The summed E-state index contributed by atoms with van der Waals surface area (Å²) in [4.78, 5) is 10.5. The second kappa shape index (κ2) is 4.61. The van der Waals surface area contributed by atoms with Gasteiger partial charge in [0.15, 0.2) is 0 Å². The molecule has 0 spiro atoms. The molecule has 0 aromatic heterocycles. The van der Waals surface area contributed by atoms with Gasteiger partial charge in [-0.15, -0.1) is 0 Å². The molecule has 60 valence electrons. The molecule has 10 heavy (non-hydrogen) atoms. The number of carboxylic acid groups (broad SMARTS) is 1. The normalized spacial score (nSPS) is 13.6. The molecule has 1 unspecified atom stereocenters. The topological polar surface area (TPSA) is 37.3 Å². The molecule has 0 aromatic carbocycles. The molecule has 0 aromatic rings. The highest BCUT2D eigenvalue weighted by Gasteiger charge is 2.19. The lowest BCUT2D eigenvalue weighted by atomic mass is 9.98.